The lowest BCUT2D eigenvalue weighted by molar-refractivity contribution is -0.142. The summed E-state index contributed by atoms with van der Waals surface area (Å²) in [7, 11) is -4.11. The van der Waals surface area contributed by atoms with E-state index in [0.29, 0.717) is 45.6 Å². The van der Waals surface area contributed by atoms with Crippen molar-refractivity contribution in [3.63, 3.8) is 0 Å². The summed E-state index contributed by atoms with van der Waals surface area (Å²) in [5.74, 6) is -12.8. The van der Waals surface area contributed by atoms with E-state index in [1.165, 1.54) is 14.7 Å². The molecule has 33 heteroatoms. The maximum atomic E-state index is 11.3. The number of aliphatic hydroxyl groups excluding tert-OH is 1. The highest BCUT2D eigenvalue weighted by Gasteiger charge is 2.38. The van der Waals surface area contributed by atoms with Crippen LogP contribution in [0.25, 0.3) is 0 Å². The maximum Gasteiger partial charge on any atom is 0.308 e. The molecule has 0 spiro atoms. The number of rotatable bonds is 25. The van der Waals surface area contributed by atoms with Crippen LogP contribution in [0.2, 0.25) is 0 Å². The fourth-order valence-corrected chi connectivity index (χ4v) is 9.33. The van der Waals surface area contributed by atoms with Crippen molar-refractivity contribution in [2.75, 3.05) is 90.9 Å². The van der Waals surface area contributed by atoms with Crippen molar-refractivity contribution < 1.29 is 126 Å². The van der Waals surface area contributed by atoms with E-state index in [2.05, 4.69) is 6.92 Å². The van der Waals surface area contributed by atoms with E-state index in [4.69, 9.17) is 50.5 Å². The summed E-state index contributed by atoms with van der Waals surface area (Å²) in [6.45, 7) is 7.63. The van der Waals surface area contributed by atoms with E-state index in [1.54, 1.807) is 9.80 Å². The summed E-state index contributed by atoms with van der Waals surface area (Å²) in [4.78, 5) is 160. The number of carbonyl (C=O) groups excluding carboxylic acids is 6. The molecule has 6 aliphatic rings. The van der Waals surface area contributed by atoms with Gasteiger partial charge in [-0.05, 0) is 25.7 Å². The Morgan fingerprint density at radius 2 is 0.639 bits per heavy atom. The first-order valence-corrected chi connectivity index (χ1v) is 28.4. The molecule has 0 aromatic rings. The number of hydrogen-bond donors (Lipinski definition) is 10. The smallest absolute Gasteiger partial charge is 0.308 e. The standard InChI is InChI=1S/C10H17NO3.C9H13NO5.C8H11NO5.C8H13NO4.C8H13NO3.C7H11NO6S/c1-2-3-4-5-11-7-8(10(13)14)6-9(11)12;11-7-4-6(9(14)15)5-10(7)3-1-2-8(12)13;10-6-3-5(8(13)14)4-9(6)2-1-7(11)12;10-3-1-2-9-5-6(8(12)13)4-7(9)11;1-2-3-9-5-6(8(11)12)4-7(9)10;9-6-3-5(7(10)11)4-8(6)1-2-15(12,13)14/h8H,2-7H2,1H3,(H,13,14);6H,1-5H2,(H,12,13)(H,14,15);5H,1-4H2,(H,11,12)(H,13,14);6,10H,1-5H2,(H,12,13);6H,2-5H2,1H3,(H,11,12);5H,1-4H2,(H,10,11)(H,12,13,14). The SMILES string of the molecule is CCCCCN1CC(C(=O)O)CC1=O.CCCN1CC(C(=O)O)CC1=O.O=C(O)C1CC(=O)N(CCCO)C1.O=C(O)C1CC(=O)N(CCS(=O)(=O)O)C1.O=C(O)CCCN1CC(C(=O)O)CC1=O.O=C(O)CCN1CC(C(=O)O)CC1=O. The fraction of sp³-hybridized carbons (Fsp3) is 0.720. The monoisotopic (exact) mass is 1210 g/mol. The second-order valence-electron chi connectivity index (χ2n) is 20.2. The molecule has 6 atom stereocenters. The topological polar surface area (TPSA) is 495 Å². The van der Waals surface area contributed by atoms with Gasteiger partial charge in [-0.3, -0.25) is 71.7 Å². The van der Waals surface area contributed by atoms with Crippen LogP contribution in [0.15, 0.2) is 0 Å². The molecule has 6 heterocycles. The molecule has 0 aliphatic carbocycles. The lowest BCUT2D eigenvalue weighted by Crippen LogP contribution is -2.31. The van der Waals surface area contributed by atoms with Gasteiger partial charge in [-0.15, -0.1) is 0 Å². The third-order valence-electron chi connectivity index (χ3n) is 13.5. The third-order valence-corrected chi connectivity index (χ3v) is 14.2. The Balaban J connectivity index is 0.000000499. The zero-order valence-electron chi connectivity index (χ0n) is 46.4. The lowest BCUT2D eigenvalue weighted by atomic mass is 10.1. The molecule has 0 bridgehead atoms. The second-order valence-corrected chi connectivity index (χ2v) is 21.8. The summed E-state index contributed by atoms with van der Waals surface area (Å²) >= 11 is 0. The molecular formula is C50H78N6O26S. The van der Waals surface area contributed by atoms with Crippen molar-refractivity contribution in [2.24, 2.45) is 35.5 Å². The van der Waals surface area contributed by atoms with Crippen LogP contribution in [0.4, 0.5) is 0 Å². The zero-order valence-corrected chi connectivity index (χ0v) is 47.2. The van der Waals surface area contributed by atoms with Gasteiger partial charge in [0.2, 0.25) is 35.4 Å². The van der Waals surface area contributed by atoms with Crippen LogP contribution in [0.5, 0.6) is 0 Å². The quantitative estimate of drug-likeness (QED) is 0.0376. The molecule has 6 aliphatic heterocycles. The zero-order chi connectivity index (χ0) is 63.3. The molecular weight excluding hydrogens is 1130 g/mol. The second kappa shape index (κ2) is 36.8. The summed E-state index contributed by atoms with van der Waals surface area (Å²) in [5, 5.41) is 77.3. The number of amides is 6. The fourth-order valence-electron chi connectivity index (χ4n) is 8.88. The van der Waals surface area contributed by atoms with E-state index in [1.807, 2.05) is 6.92 Å². The van der Waals surface area contributed by atoms with E-state index in [0.717, 1.165) is 37.1 Å². The molecule has 470 valence electrons. The number of unbranched alkanes of at least 4 members (excludes halogenated alkanes) is 2. The highest BCUT2D eigenvalue weighted by atomic mass is 32.2. The van der Waals surface area contributed by atoms with Crippen molar-refractivity contribution in [1.82, 2.24) is 29.4 Å². The molecule has 0 saturated carbocycles. The predicted molar refractivity (Wildman–Crippen MR) is 281 cm³/mol. The van der Waals surface area contributed by atoms with Gasteiger partial charge in [0, 0.05) is 130 Å². The number of aliphatic carboxylic acids is 8. The van der Waals surface area contributed by atoms with Crippen molar-refractivity contribution >= 4 is 93.3 Å². The van der Waals surface area contributed by atoms with Crippen molar-refractivity contribution in [1.29, 1.82) is 0 Å². The highest BCUT2D eigenvalue weighted by molar-refractivity contribution is 7.85. The maximum absolute atomic E-state index is 11.3. The number of aliphatic hydroxyl groups is 1. The molecule has 0 aromatic carbocycles. The van der Waals surface area contributed by atoms with Crippen LogP contribution >= 0.6 is 0 Å². The largest absolute Gasteiger partial charge is 0.481 e. The van der Waals surface area contributed by atoms with Gasteiger partial charge in [0.15, 0.2) is 0 Å². The number of carbonyl (C=O) groups is 14. The Morgan fingerprint density at radius 3 is 0.880 bits per heavy atom. The molecule has 0 aromatic heterocycles. The first-order chi connectivity index (χ1) is 38.7. The van der Waals surface area contributed by atoms with Crippen molar-refractivity contribution in [2.45, 2.75) is 104 Å². The molecule has 6 rings (SSSR count). The minimum Gasteiger partial charge on any atom is -0.481 e. The van der Waals surface area contributed by atoms with Gasteiger partial charge < -0.3 is 75.4 Å². The van der Waals surface area contributed by atoms with Gasteiger partial charge >= 0.3 is 47.8 Å². The van der Waals surface area contributed by atoms with Gasteiger partial charge in [0.05, 0.1) is 47.7 Å². The molecule has 32 nitrogen and oxygen atoms in total. The number of carboxylic acids is 8. The van der Waals surface area contributed by atoms with Crippen LogP contribution < -0.4 is 0 Å². The lowest BCUT2D eigenvalue weighted by Gasteiger charge is -2.15. The molecule has 0 radical (unpaired) electrons. The first kappa shape index (κ1) is 73.5. The number of likely N-dealkylation sites (tertiary alicyclic amines) is 6. The average molecular weight is 1210 g/mol. The highest BCUT2D eigenvalue weighted by Crippen LogP contribution is 2.22. The van der Waals surface area contributed by atoms with Gasteiger partial charge in [0.1, 0.15) is 0 Å². The molecule has 6 amide bonds. The Kier molecular flexibility index (Phi) is 32.6. The molecule has 10 N–H and O–H groups in total. The van der Waals surface area contributed by atoms with Crippen LogP contribution in [-0.4, -0.2) is 262 Å². The van der Waals surface area contributed by atoms with Crippen LogP contribution in [0.3, 0.4) is 0 Å². The number of nitrogens with zero attached hydrogens (tertiary/aromatic N) is 6. The van der Waals surface area contributed by atoms with E-state index in [-0.39, 0.29) is 127 Å². The van der Waals surface area contributed by atoms with Gasteiger partial charge in [-0.2, -0.15) is 8.42 Å². The number of hydrogen-bond acceptors (Lipinski definition) is 17. The van der Waals surface area contributed by atoms with Crippen LogP contribution in [0, 0.1) is 35.5 Å². The van der Waals surface area contributed by atoms with Crippen molar-refractivity contribution in [3.8, 4) is 0 Å². The minimum absolute atomic E-state index is 0.00151. The molecule has 6 fully saturated rings. The summed E-state index contributed by atoms with van der Waals surface area (Å²) in [5.41, 5.74) is 0. The normalized spacial score (nSPS) is 21.8. The van der Waals surface area contributed by atoms with Gasteiger partial charge in [0.25, 0.3) is 10.1 Å². The van der Waals surface area contributed by atoms with Gasteiger partial charge in [-0.25, -0.2) is 0 Å². The molecule has 6 unspecified atom stereocenters. The first-order valence-electron chi connectivity index (χ1n) is 26.8. The van der Waals surface area contributed by atoms with Crippen LogP contribution in [-0.2, 0) is 77.2 Å². The Morgan fingerprint density at radius 1 is 0.373 bits per heavy atom. The van der Waals surface area contributed by atoms with Crippen LogP contribution in [0.1, 0.15) is 104 Å². The Hall–Kier alpha value is -7.55. The van der Waals surface area contributed by atoms with Crippen molar-refractivity contribution in [3.05, 3.63) is 0 Å². The molecule has 6 saturated heterocycles. The van der Waals surface area contributed by atoms with E-state index >= 15 is 0 Å². The predicted octanol–water partition coefficient (Wildman–Crippen LogP) is -1.27. The van der Waals surface area contributed by atoms with E-state index < -0.39 is 105 Å². The summed E-state index contributed by atoms with van der Waals surface area (Å²) in [6, 6.07) is 0. The van der Waals surface area contributed by atoms with Gasteiger partial charge in [-0.1, -0.05) is 26.7 Å². The third kappa shape index (κ3) is 28.3. The molecule has 83 heavy (non-hydrogen) atoms. The minimum atomic E-state index is -4.11. The van der Waals surface area contributed by atoms with E-state index in [9.17, 15) is 75.5 Å². The average Bonchev–Trinajstić information content (AvgIpc) is 4.28. The number of carboxylic acid groups (broad SMARTS) is 8. The summed E-state index contributed by atoms with van der Waals surface area (Å²) in [6.07, 6.45) is 5.18. The Bertz CT molecular complexity index is 2420. The Labute approximate surface area is 477 Å². The summed E-state index contributed by atoms with van der Waals surface area (Å²) < 4.78 is 29.3.